The Morgan fingerprint density at radius 1 is 1.22 bits per heavy atom. The van der Waals surface area contributed by atoms with E-state index in [9.17, 15) is 4.79 Å². The summed E-state index contributed by atoms with van der Waals surface area (Å²) in [5.41, 5.74) is 1.09. The summed E-state index contributed by atoms with van der Waals surface area (Å²) in [7, 11) is 0. The molecule has 1 amide bonds. The lowest BCUT2D eigenvalue weighted by Gasteiger charge is -2.25. The van der Waals surface area contributed by atoms with Crippen LogP contribution in [0.3, 0.4) is 0 Å². The van der Waals surface area contributed by atoms with Crippen molar-refractivity contribution in [2.24, 2.45) is 5.92 Å². The number of carbonyl (C=O) groups is 1. The molecule has 0 fully saturated rings. The van der Waals surface area contributed by atoms with Crippen molar-refractivity contribution in [1.29, 1.82) is 0 Å². The van der Waals surface area contributed by atoms with Crippen LogP contribution < -0.4 is 0 Å². The van der Waals surface area contributed by atoms with Crippen molar-refractivity contribution in [3.63, 3.8) is 0 Å². The van der Waals surface area contributed by atoms with E-state index in [1.165, 1.54) is 0 Å². The van der Waals surface area contributed by atoms with Crippen LogP contribution in [0.1, 0.15) is 44.4 Å². The Bertz CT molecular complexity index is 605. The number of furan rings is 1. The predicted octanol–water partition coefficient (Wildman–Crippen LogP) is 5.11. The smallest absolute Gasteiger partial charge is 0.219 e. The van der Waals surface area contributed by atoms with E-state index >= 15 is 0 Å². The molecule has 0 aliphatic rings. The molecule has 23 heavy (non-hydrogen) atoms. The van der Waals surface area contributed by atoms with E-state index in [1.54, 1.807) is 13.2 Å². The second-order valence-electron chi connectivity index (χ2n) is 6.22. The summed E-state index contributed by atoms with van der Waals surface area (Å²) in [6.45, 7) is 7.30. The van der Waals surface area contributed by atoms with Crippen LogP contribution in [0.5, 0.6) is 0 Å². The van der Waals surface area contributed by atoms with Gasteiger partial charge in [-0.25, -0.2) is 0 Å². The van der Waals surface area contributed by atoms with Crippen LogP contribution in [0.15, 0.2) is 47.1 Å². The molecule has 0 aliphatic heterocycles. The third kappa shape index (κ3) is 5.14. The highest BCUT2D eigenvalue weighted by atomic mass is 35.5. The normalized spacial score (nSPS) is 12.4. The van der Waals surface area contributed by atoms with Gasteiger partial charge in [-0.3, -0.25) is 4.79 Å². The Kier molecular flexibility index (Phi) is 6.28. The molecule has 0 N–H and O–H groups in total. The average molecular weight is 334 g/mol. The highest BCUT2D eigenvalue weighted by molar-refractivity contribution is 6.30. The predicted molar refractivity (Wildman–Crippen MR) is 93.4 cm³/mol. The minimum absolute atomic E-state index is 0.0851. The fourth-order valence-electron chi connectivity index (χ4n) is 2.76. The molecule has 1 aromatic carbocycles. The Balaban J connectivity index is 2.01. The molecule has 2 aromatic rings. The SMILES string of the molecule is CC(=O)N(CC[C@H](c1ccco1)C(C)C)Cc1ccc(Cl)cc1. The number of nitrogens with zero attached hydrogens (tertiary/aromatic N) is 1. The summed E-state index contributed by atoms with van der Waals surface area (Å²) in [5, 5.41) is 0.709. The van der Waals surface area contributed by atoms with Gasteiger partial charge in [0.05, 0.1) is 6.26 Å². The third-order valence-corrected chi connectivity index (χ3v) is 4.41. The van der Waals surface area contributed by atoms with Crippen molar-refractivity contribution in [3.05, 3.63) is 59.0 Å². The Hall–Kier alpha value is -1.74. The fourth-order valence-corrected chi connectivity index (χ4v) is 2.89. The quantitative estimate of drug-likeness (QED) is 0.705. The van der Waals surface area contributed by atoms with Gasteiger partial charge in [0.25, 0.3) is 0 Å². The van der Waals surface area contributed by atoms with Gasteiger partial charge in [-0.2, -0.15) is 0 Å². The standard InChI is InChI=1S/C19H24ClNO2/c1-14(2)18(19-5-4-12-23-19)10-11-21(15(3)22)13-16-6-8-17(20)9-7-16/h4-9,12,14,18H,10-11,13H2,1-3H3/t18-/m0/s1. The first-order chi connectivity index (χ1) is 11.0. The first-order valence-electron chi connectivity index (χ1n) is 8.00. The Morgan fingerprint density at radius 2 is 1.91 bits per heavy atom. The lowest BCUT2D eigenvalue weighted by Crippen LogP contribution is -2.30. The first-order valence-corrected chi connectivity index (χ1v) is 8.38. The van der Waals surface area contributed by atoms with E-state index < -0.39 is 0 Å². The second-order valence-corrected chi connectivity index (χ2v) is 6.66. The largest absolute Gasteiger partial charge is 0.469 e. The van der Waals surface area contributed by atoms with Crippen molar-refractivity contribution in [1.82, 2.24) is 4.90 Å². The van der Waals surface area contributed by atoms with E-state index in [0.29, 0.717) is 29.9 Å². The van der Waals surface area contributed by atoms with Gasteiger partial charge in [0.15, 0.2) is 0 Å². The summed E-state index contributed by atoms with van der Waals surface area (Å²) < 4.78 is 5.56. The molecule has 1 heterocycles. The molecule has 0 aliphatic carbocycles. The van der Waals surface area contributed by atoms with Gasteiger partial charge in [-0.05, 0) is 42.2 Å². The minimum Gasteiger partial charge on any atom is -0.469 e. The van der Waals surface area contributed by atoms with Gasteiger partial charge >= 0.3 is 0 Å². The van der Waals surface area contributed by atoms with Crippen LogP contribution in [0.4, 0.5) is 0 Å². The third-order valence-electron chi connectivity index (χ3n) is 4.16. The zero-order valence-electron chi connectivity index (χ0n) is 14.0. The maximum atomic E-state index is 12.0. The summed E-state index contributed by atoms with van der Waals surface area (Å²) in [6.07, 6.45) is 2.60. The number of amides is 1. The number of halogens is 1. The maximum absolute atomic E-state index is 12.0. The van der Waals surface area contributed by atoms with E-state index in [-0.39, 0.29) is 5.91 Å². The summed E-state index contributed by atoms with van der Waals surface area (Å²) >= 11 is 5.91. The molecule has 1 aromatic heterocycles. The van der Waals surface area contributed by atoms with E-state index in [4.69, 9.17) is 16.0 Å². The molecule has 0 bridgehead atoms. The highest BCUT2D eigenvalue weighted by Gasteiger charge is 2.20. The van der Waals surface area contributed by atoms with Crippen LogP contribution in [0, 0.1) is 5.92 Å². The van der Waals surface area contributed by atoms with Crippen LogP contribution in [-0.4, -0.2) is 17.4 Å². The maximum Gasteiger partial charge on any atom is 0.219 e. The molecule has 2 rings (SSSR count). The Morgan fingerprint density at radius 3 is 2.43 bits per heavy atom. The fraction of sp³-hybridized carbons (Fsp3) is 0.421. The van der Waals surface area contributed by atoms with Crippen LogP contribution in [0.2, 0.25) is 5.02 Å². The molecule has 0 saturated carbocycles. The van der Waals surface area contributed by atoms with Gasteiger partial charge in [0, 0.05) is 31.0 Å². The number of benzene rings is 1. The number of hydrogen-bond acceptors (Lipinski definition) is 2. The molecule has 124 valence electrons. The molecule has 0 saturated heterocycles. The van der Waals surface area contributed by atoms with Crippen LogP contribution in [0.25, 0.3) is 0 Å². The van der Waals surface area contributed by atoms with Crippen LogP contribution in [-0.2, 0) is 11.3 Å². The highest BCUT2D eigenvalue weighted by Crippen LogP contribution is 2.28. The van der Waals surface area contributed by atoms with Gasteiger partial charge in [-0.1, -0.05) is 37.6 Å². The number of hydrogen-bond donors (Lipinski definition) is 0. The lowest BCUT2D eigenvalue weighted by molar-refractivity contribution is -0.129. The van der Waals surface area contributed by atoms with Crippen molar-refractivity contribution in [3.8, 4) is 0 Å². The van der Waals surface area contributed by atoms with Gasteiger partial charge < -0.3 is 9.32 Å². The average Bonchev–Trinajstić information content (AvgIpc) is 3.02. The van der Waals surface area contributed by atoms with Gasteiger partial charge in [0.1, 0.15) is 5.76 Å². The Labute approximate surface area is 143 Å². The summed E-state index contributed by atoms with van der Waals surface area (Å²) in [6, 6.07) is 11.6. The summed E-state index contributed by atoms with van der Waals surface area (Å²) in [5.74, 6) is 1.86. The first kappa shape index (κ1) is 17.6. The van der Waals surface area contributed by atoms with Crippen molar-refractivity contribution in [2.45, 2.75) is 39.7 Å². The molecule has 1 atom stereocenters. The van der Waals surface area contributed by atoms with Crippen molar-refractivity contribution >= 4 is 17.5 Å². The lowest BCUT2D eigenvalue weighted by atomic mass is 9.90. The van der Waals surface area contributed by atoms with Gasteiger partial charge in [0.2, 0.25) is 5.91 Å². The molecule has 4 heteroatoms. The zero-order chi connectivity index (χ0) is 16.8. The molecular weight excluding hydrogens is 310 g/mol. The molecule has 0 spiro atoms. The molecule has 0 unspecified atom stereocenters. The zero-order valence-corrected chi connectivity index (χ0v) is 14.7. The van der Waals surface area contributed by atoms with E-state index in [1.807, 2.05) is 41.3 Å². The van der Waals surface area contributed by atoms with Crippen LogP contribution >= 0.6 is 11.6 Å². The topological polar surface area (TPSA) is 33.5 Å². The van der Waals surface area contributed by atoms with E-state index in [0.717, 1.165) is 17.7 Å². The minimum atomic E-state index is 0.0851. The monoisotopic (exact) mass is 333 g/mol. The van der Waals surface area contributed by atoms with E-state index in [2.05, 4.69) is 13.8 Å². The molecular formula is C19H24ClNO2. The second kappa shape index (κ2) is 8.21. The molecule has 3 nitrogen and oxygen atoms in total. The van der Waals surface area contributed by atoms with Gasteiger partial charge in [-0.15, -0.1) is 0 Å². The number of rotatable bonds is 7. The molecule has 0 radical (unpaired) electrons. The van der Waals surface area contributed by atoms with Crippen molar-refractivity contribution in [2.75, 3.05) is 6.54 Å². The summed E-state index contributed by atoms with van der Waals surface area (Å²) in [4.78, 5) is 13.8. The van der Waals surface area contributed by atoms with Crippen molar-refractivity contribution < 1.29 is 9.21 Å². The number of carbonyl (C=O) groups excluding carboxylic acids is 1.